The third kappa shape index (κ3) is 2.78. The third-order valence-electron chi connectivity index (χ3n) is 4.56. The maximum atomic E-state index is 6.12. The average Bonchev–Trinajstić information content (AvgIpc) is 2.90. The molecule has 0 bridgehead atoms. The molecule has 0 aliphatic heterocycles. The van der Waals surface area contributed by atoms with E-state index in [1.54, 1.807) is 6.26 Å². The van der Waals surface area contributed by atoms with Crippen LogP contribution in [0.15, 0.2) is 22.8 Å². The van der Waals surface area contributed by atoms with E-state index in [4.69, 9.17) is 10.2 Å². The molecule has 1 aliphatic carbocycles. The molecule has 1 fully saturated rings. The van der Waals surface area contributed by atoms with Crippen LogP contribution in [0.2, 0.25) is 0 Å². The van der Waals surface area contributed by atoms with Crippen molar-refractivity contribution in [3.05, 3.63) is 24.2 Å². The molecule has 0 saturated heterocycles. The van der Waals surface area contributed by atoms with Crippen LogP contribution in [0.5, 0.6) is 0 Å². The summed E-state index contributed by atoms with van der Waals surface area (Å²) in [6.07, 6.45) is 6.79. The molecular formula is C15H26N2O. The number of furan rings is 1. The highest BCUT2D eigenvalue weighted by molar-refractivity contribution is 5.02. The summed E-state index contributed by atoms with van der Waals surface area (Å²) >= 11 is 0. The van der Waals surface area contributed by atoms with Gasteiger partial charge in [-0.25, -0.2) is 0 Å². The number of rotatable bonds is 5. The Balaban J connectivity index is 2.08. The number of hydrogen-bond donors (Lipinski definition) is 1. The van der Waals surface area contributed by atoms with Gasteiger partial charge in [0.2, 0.25) is 0 Å². The number of hydrogen-bond acceptors (Lipinski definition) is 3. The van der Waals surface area contributed by atoms with E-state index in [0.717, 1.165) is 31.3 Å². The maximum Gasteiger partial charge on any atom is 0.117 e. The van der Waals surface area contributed by atoms with Crippen molar-refractivity contribution < 1.29 is 4.42 Å². The summed E-state index contributed by atoms with van der Waals surface area (Å²) in [6.45, 7) is 7.25. The Hall–Kier alpha value is -0.800. The predicted octanol–water partition coefficient (Wildman–Crippen LogP) is 3.01. The van der Waals surface area contributed by atoms with E-state index < -0.39 is 0 Å². The second-order valence-electron chi connectivity index (χ2n) is 5.70. The van der Waals surface area contributed by atoms with Gasteiger partial charge in [0, 0.05) is 12.1 Å². The molecule has 0 aromatic carbocycles. The third-order valence-corrected chi connectivity index (χ3v) is 4.56. The highest BCUT2D eigenvalue weighted by atomic mass is 16.3. The van der Waals surface area contributed by atoms with Crippen LogP contribution in [-0.2, 0) is 6.54 Å². The van der Waals surface area contributed by atoms with Gasteiger partial charge in [-0.15, -0.1) is 0 Å². The number of nitrogens with zero attached hydrogens (tertiary/aromatic N) is 1. The lowest BCUT2D eigenvalue weighted by Gasteiger charge is -2.46. The van der Waals surface area contributed by atoms with E-state index in [9.17, 15) is 0 Å². The molecule has 1 aromatic heterocycles. The minimum atomic E-state index is 0.189. The Bertz CT molecular complexity index is 339. The lowest BCUT2D eigenvalue weighted by molar-refractivity contribution is 0.0372. The van der Waals surface area contributed by atoms with E-state index in [1.165, 1.54) is 25.7 Å². The van der Waals surface area contributed by atoms with E-state index in [0.29, 0.717) is 0 Å². The molecule has 1 heterocycles. The SMILES string of the molecule is CCN(Cc1ccco1)C1(CN)CCC(C)CC1. The molecule has 3 nitrogen and oxygen atoms in total. The van der Waals surface area contributed by atoms with Gasteiger partial charge in [0.05, 0.1) is 12.8 Å². The average molecular weight is 250 g/mol. The minimum Gasteiger partial charge on any atom is -0.468 e. The van der Waals surface area contributed by atoms with Crippen molar-refractivity contribution in [2.24, 2.45) is 11.7 Å². The first-order valence-corrected chi connectivity index (χ1v) is 7.17. The summed E-state index contributed by atoms with van der Waals surface area (Å²) in [4.78, 5) is 2.51. The van der Waals surface area contributed by atoms with Crippen LogP contribution in [0.25, 0.3) is 0 Å². The number of likely N-dealkylation sites (N-methyl/N-ethyl adjacent to an activating group) is 1. The van der Waals surface area contributed by atoms with Crippen molar-refractivity contribution in [1.29, 1.82) is 0 Å². The first kappa shape index (κ1) is 13.6. The topological polar surface area (TPSA) is 42.4 Å². The van der Waals surface area contributed by atoms with Crippen molar-refractivity contribution >= 4 is 0 Å². The van der Waals surface area contributed by atoms with Crippen molar-refractivity contribution in [2.75, 3.05) is 13.1 Å². The smallest absolute Gasteiger partial charge is 0.117 e. The van der Waals surface area contributed by atoms with Gasteiger partial charge >= 0.3 is 0 Å². The Kier molecular flexibility index (Phi) is 4.46. The van der Waals surface area contributed by atoms with E-state index in [2.05, 4.69) is 24.8 Å². The Morgan fingerprint density at radius 1 is 1.44 bits per heavy atom. The summed E-state index contributed by atoms with van der Waals surface area (Å²) in [5.74, 6) is 1.90. The Morgan fingerprint density at radius 3 is 2.67 bits per heavy atom. The second kappa shape index (κ2) is 5.89. The van der Waals surface area contributed by atoms with Crippen LogP contribution >= 0.6 is 0 Å². The van der Waals surface area contributed by atoms with Crippen LogP contribution in [0.3, 0.4) is 0 Å². The zero-order chi connectivity index (χ0) is 13.0. The van der Waals surface area contributed by atoms with Crippen molar-refractivity contribution in [3.63, 3.8) is 0 Å². The molecule has 0 unspecified atom stereocenters. The lowest BCUT2D eigenvalue weighted by Crippen LogP contribution is -2.55. The molecule has 1 aliphatic rings. The predicted molar refractivity (Wildman–Crippen MR) is 74.2 cm³/mol. The molecule has 0 amide bonds. The van der Waals surface area contributed by atoms with Gasteiger partial charge in [-0.3, -0.25) is 4.90 Å². The van der Waals surface area contributed by atoms with Crippen molar-refractivity contribution in [2.45, 2.75) is 51.6 Å². The molecule has 2 rings (SSSR count). The molecular weight excluding hydrogens is 224 g/mol. The first-order chi connectivity index (χ1) is 8.70. The Morgan fingerprint density at radius 2 is 2.17 bits per heavy atom. The van der Waals surface area contributed by atoms with Crippen LogP contribution in [0.1, 0.15) is 45.3 Å². The molecule has 3 heteroatoms. The van der Waals surface area contributed by atoms with Crippen LogP contribution in [-0.4, -0.2) is 23.5 Å². The van der Waals surface area contributed by atoms with Gasteiger partial charge < -0.3 is 10.2 Å². The van der Waals surface area contributed by atoms with Crippen LogP contribution in [0, 0.1) is 5.92 Å². The molecule has 1 saturated carbocycles. The molecule has 102 valence electrons. The monoisotopic (exact) mass is 250 g/mol. The number of nitrogens with two attached hydrogens (primary N) is 1. The summed E-state index contributed by atoms with van der Waals surface area (Å²) in [5.41, 5.74) is 6.31. The fourth-order valence-corrected chi connectivity index (χ4v) is 3.15. The van der Waals surface area contributed by atoms with Gasteiger partial charge in [-0.2, -0.15) is 0 Å². The largest absolute Gasteiger partial charge is 0.468 e. The van der Waals surface area contributed by atoms with Gasteiger partial charge in [-0.05, 0) is 50.3 Å². The first-order valence-electron chi connectivity index (χ1n) is 7.17. The maximum absolute atomic E-state index is 6.12. The zero-order valence-corrected chi connectivity index (χ0v) is 11.7. The van der Waals surface area contributed by atoms with Crippen molar-refractivity contribution in [3.8, 4) is 0 Å². The molecule has 2 N–H and O–H groups in total. The fourth-order valence-electron chi connectivity index (χ4n) is 3.15. The minimum absolute atomic E-state index is 0.189. The van der Waals surface area contributed by atoms with Gasteiger partial charge in [0.25, 0.3) is 0 Å². The standard InChI is InChI=1S/C15H26N2O/c1-3-17(11-14-5-4-10-18-14)15(12-16)8-6-13(2)7-9-15/h4-5,10,13H,3,6-9,11-12,16H2,1-2H3. The summed E-state index contributed by atoms with van der Waals surface area (Å²) < 4.78 is 5.48. The molecule has 1 aromatic rings. The highest BCUT2D eigenvalue weighted by Gasteiger charge is 2.37. The quantitative estimate of drug-likeness (QED) is 0.873. The molecule has 0 atom stereocenters. The highest BCUT2D eigenvalue weighted by Crippen LogP contribution is 2.36. The van der Waals surface area contributed by atoms with Crippen molar-refractivity contribution in [1.82, 2.24) is 4.90 Å². The molecule has 0 spiro atoms. The summed E-state index contributed by atoms with van der Waals surface area (Å²) in [7, 11) is 0. The molecule has 0 radical (unpaired) electrons. The van der Waals surface area contributed by atoms with Gasteiger partial charge in [-0.1, -0.05) is 13.8 Å². The van der Waals surface area contributed by atoms with Crippen LogP contribution in [0.4, 0.5) is 0 Å². The summed E-state index contributed by atoms with van der Waals surface area (Å²) in [6, 6.07) is 4.01. The second-order valence-corrected chi connectivity index (χ2v) is 5.70. The Labute approximate surface area is 110 Å². The fraction of sp³-hybridized carbons (Fsp3) is 0.733. The molecule has 18 heavy (non-hydrogen) atoms. The van der Waals surface area contributed by atoms with E-state index in [-0.39, 0.29) is 5.54 Å². The lowest BCUT2D eigenvalue weighted by atomic mass is 9.76. The van der Waals surface area contributed by atoms with Crippen LogP contribution < -0.4 is 5.73 Å². The summed E-state index contributed by atoms with van der Waals surface area (Å²) in [5, 5.41) is 0. The van der Waals surface area contributed by atoms with Gasteiger partial charge in [0.1, 0.15) is 5.76 Å². The van der Waals surface area contributed by atoms with E-state index >= 15 is 0 Å². The van der Waals surface area contributed by atoms with Gasteiger partial charge in [0.15, 0.2) is 0 Å². The normalized spacial score (nSPS) is 28.8. The zero-order valence-electron chi connectivity index (χ0n) is 11.7. The van der Waals surface area contributed by atoms with E-state index in [1.807, 2.05) is 6.07 Å².